The fraction of sp³-hybridized carbons (Fsp3) is 0.440. The summed E-state index contributed by atoms with van der Waals surface area (Å²) in [6.45, 7) is 0. The van der Waals surface area contributed by atoms with Gasteiger partial charge in [-0.25, -0.2) is 0 Å². The van der Waals surface area contributed by atoms with E-state index < -0.39 is 0 Å². The van der Waals surface area contributed by atoms with Gasteiger partial charge in [0.15, 0.2) is 11.6 Å². The van der Waals surface area contributed by atoms with Crippen LogP contribution in [0.3, 0.4) is 0 Å². The summed E-state index contributed by atoms with van der Waals surface area (Å²) in [6, 6.07) is 8.07. The van der Waals surface area contributed by atoms with Crippen LogP contribution in [0.1, 0.15) is 91.3 Å². The van der Waals surface area contributed by atoms with Crippen molar-refractivity contribution >= 4 is 11.6 Å². The van der Waals surface area contributed by atoms with Gasteiger partial charge >= 0.3 is 0 Å². The molecule has 0 spiro atoms. The van der Waals surface area contributed by atoms with E-state index in [9.17, 15) is 30.0 Å². The van der Waals surface area contributed by atoms with Gasteiger partial charge in [0.25, 0.3) is 0 Å². The van der Waals surface area contributed by atoms with Gasteiger partial charge < -0.3 is 20.4 Å². The van der Waals surface area contributed by atoms with Gasteiger partial charge in [-0.05, 0) is 37.1 Å². The maximum absolute atomic E-state index is 12.1. The molecule has 0 saturated carbocycles. The molecule has 0 fully saturated rings. The molecule has 0 heterocycles. The van der Waals surface area contributed by atoms with Gasteiger partial charge in [0.2, 0.25) is 0 Å². The van der Waals surface area contributed by atoms with Crippen LogP contribution in [0.2, 0.25) is 0 Å². The van der Waals surface area contributed by atoms with Crippen molar-refractivity contribution in [2.45, 2.75) is 70.6 Å². The Balaban J connectivity index is 1.47. The fourth-order valence-electron chi connectivity index (χ4n) is 3.59. The van der Waals surface area contributed by atoms with Crippen LogP contribution < -0.4 is 0 Å². The summed E-state index contributed by atoms with van der Waals surface area (Å²) >= 11 is 0. The molecule has 2 aromatic carbocycles. The maximum Gasteiger partial charge on any atom is 0.166 e. The monoisotopic (exact) mass is 428 g/mol. The molecule has 2 rings (SSSR count). The molecule has 4 N–H and O–H groups in total. The minimum Gasteiger partial charge on any atom is -0.508 e. The molecule has 0 atom stereocenters. The van der Waals surface area contributed by atoms with Gasteiger partial charge in [-0.1, -0.05) is 44.9 Å². The third-order valence-corrected chi connectivity index (χ3v) is 5.37. The number of unbranched alkanes of at least 4 members (excludes halogenated alkanes) is 8. The highest BCUT2D eigenvalue weighted by Gasteiger charge is 2.12. The van der Waals surface area contributed by atoms with Gasteiger partial charge in [0.05, 0.1) is 11.1 Å². The Hall–Kier alpha value is -3.02. The minimum atomic E-state index is -0.174. The number of benzene rings is 2. The number of Topliss-reactive ketones (excluding diaryl/α,β-unsaturated/α-hetero) is 2. The second-order valence-corrected chi connectivity index (χ2v) is 7.93. The van der Waals surface area contributed by atoms with Gasteiger partial charge in [0, 0.05) is 25.0 Å². The topological polar surface area (TPSA) is 115 Å². The van der Waals surface area contributed by atoms with Crippen LogP contribution in [0.15, 0.2) is 36.4 Å². The molecule has 0 aliphatic heterocycles. The summed E-state index contributed by atoms with van der Waals surface area (Å²) in [5.74, 6) is -0.673. The number of rotatable bonds is 14. The summed E-state index contributed by atoms with van der Waals surface area (Å²) in [5.41, 5.74) is 0.522. The molecule has 0 unspecified atom stereocenters. The number of carbonyl (C=O) groups is 2. The van der Waals surface area contributed by atoms with E-state index in [0.29, 0.717) is 12.8 Å². The van der Waals surface area contributed by atoms with Crippen LogP contribution in [-0.2, 0) is 0 Å². The second-order valence-electron chi connectivity index (χ2n) is 7.93. The van der Waals surface area contributed by atoms with E-state index in [-0.39, 0.29) is 45.7 Å². The number of phenolic OH excluding ortho intramolecular Hbond substituents is 4. The molecule has 0 amide bonds. The third-order valence-electron chi connectivity index (χ3n) is 5.37. The average Bonchev–Trinajstić information content (AvgIpc) is 2.71. The molecule has 0 bridgehead atoms. The van der Waals surface area contributed by atoms with E-state index in [1.807, 2.05) is 0 Å². The number of hydrogen-bond acceptors (Lipinski definition) is 6. The van der Waals surface area contributed by atoms with E-state index in [4.69, 9.17) is 0 Å². The SMILES string of the molecule is O=C(CCCCCCCCCCCC(=O)c1ccc(O)cc1O)c1ccc(O)cc1O. The maximum atomic E-state index is 12.1. The zero-order valence-electron chi connectivity index (χ0n) is 17.8. The first-order valence-electron chi connectivity index (χ1n) is 11.0. The molecule has 0 radical (unpaired) electrons. The highest BCUT2D eigenvalue weighted by molar-refractivity contribution is 5.99. The Kier molecular flexibility index (Phi) is 9.88. The van der Waals surface area contributed by atoms with E-state index in [1.165, 1.54) is 36.4 Å². The average molecular weight is 429 g/mol. The van der Waals surface area contributed by atoms with Gasteiger partial charge in [-0.3, -0.25) is 9.59 Å². The zero-order valence-corrected chi connectivity index (χ0v) is 17.8. The number of phenols is 4. The first-order chi connectivity index (χ1) is 14.9. The molecule has 0 aliphatic rings. The molecule has 0 saturated heterocycles. The summed E-state index contributed by atoms with van der Waals surface area (Å²) in [5, 5.41) is 38.0. The summed E-state index contributed by atoms with van der Waals surface area (Å²) < 4.78 is 0. The number of ketones is 2. The Bertz CT molecular complexity index is 803. The molecule has 31 heavy (non-hydrogen) atoms. The van der Waals surface area contributed by atoms with E-state index >= 15 is 0 Å². The molecular weight excluding hydrogens is 396 g/mol. The van der Waals surface area contributed by atoms with Gasteiger partial charge in [0.1, 0.15) is 23.0 Å². The lowest BCUT2D eigenvalue weighted by Crippen LogP contribution is -1.99. The predicted molar refractivity (Wildman–Crippen MR) is 119 cm³/mol. The van der Waals surface area contributed by atoms with Crippen LogP contribution >= 0.6 is 0 Å². The highest BCUT2D eigenvalue weighted by Crippen LogP contribution is 2.25. The number of aromatic hydroxyl groups is 4. The normalized spacial score (nSPS) is 10.8. The van der Waals surface area contributed by atoms with Crippen molar-refractivity contribution in [1.29, 1.82) is 0 Å². The number of carbonyl (C=O) groups excluding carboxylic acids is 2. The van der Waals surface area contributed by atoms with Crippen LogP contribution in [0.5, 0.6) is 23.0 Å². The quantitative estimate of drug-likeness (QED) is 0.221. The molecule has 168 valence electrons. The zero-order chi connectivity index (χ0) is 22.6. The Morgan fingerprint density at radius 2 is 0.839 bits per heavy atom. The Morgan fingerprint density at radius 1 is 0.516 bits per heavy atom. The predicted octanol–water partition coefficient (Wildman–Crippen LogP) is 5.87. The molecule has 0 aliphatic carbocycles. The smallest absolute Gasteiger partial charge is 0.166 e. The van der Waals surface area contributed by atoms with Crippen molar-refractivity contribution in [3.63, 3.8) is 0 Å². The van der Waals surface area contributed by atoms with Crippen LogP contribution in [-0.4, -0.2) is 32.0 Å². The lowest BCUT2D eigenvalue weighted by Gasteiger charge is -2.05. The first-order valence-corrected chi connectivity index (χ1v) is 11.0. The van der Waals surface area contributed by atoms with Crippen molar-refractivity contribution in [3.05, 3.63) is 47.5 Å². The summed E-state index contributed by atoms with van der Waals surface area (Å²) in [4.78, 5) is 24.2. The van der Waals surface area contributed by atoms with Crippen molar-refractivity contribution in [3.8, 4) is 23.0 Å². The van der Waals surface area contributed by atoms with E-state index in [0.717, 1.165) is 57.8 Å². The summed E-state index contributed by atoms with van der Waals surface area (Å²) in [6.07, 6.45) is 9.76. The van der Waals surface area contributed by atoms with E-state index in [1.54, 1.807) is 0 Å². The van der Waals surface area contributed by atoms with Gasteiger partial charge in [-0.2, -0.15) is 0 Å². The van der Waals surface area contributed by atoms with Crippen LogP contribution in [0.25, 0.3) is 0 Å². The first kappa shape index (κ1) is 24.3. The van der Waals surface area contributed by atoms with Crippen LogP contribution in [0.4, 0.5) is 0 Å². The van der Waals surface area contributed by atoms with Gasteiger partial charge in [-0.15, -0.1) is 0 Å². The standard InChI is InChI=1S/C25H32O6/c26-18-12-14-20(24(30)16-18)22(28)10-8-6-4-2-1-3-5-7-9-11-23(29)21-15-13-19(27)17-25(21)31/h12-17,26-27,30-31H,1-11H2. The molecule has 6 heteroatoms. The van der Waals surface area contributed by atoms with Crippen LogP contribution in [0, 0.1) is 0 Å². The third kappa shape index (κ3) is 8.32. The Labute approximate surface area is 183 Å². The van der Waals surface area contributed by atoms with Crippen molar-refractivity contribution in [2.24, 2.45) is 0 Å². The number of hydrogen-bond donors (Lipinski definition) is 4. The fourth-order valence-corrected chi connectivity index (χ4v) is 3.59. The van der Waals surface area contributed by atoms with E-state index in [2.05, 4.69) is 0 Å². The van der Waals surface area contributed by atoms with Crippen molar-refractivity contribution in [2.75, 3.05) is 0 Å². The lowest BCUT2D eigenvalue weighted by atomic mass is 10.0. The van der Waals surface area contributed by atoms with Crippen molar-refractivity contribution < 1.29 is 30.0 Å². The molecular formula is C25H32O6. The lowest BCUT2D eigenvalue weighted by molar-refractivity contribution is 0.0968. The Morgan fingerprint density at radius 3 is 1.16 bits per heavy atom. The second kappa shape index (κ2) is 12.6. The van der Waals surface area contributed by atoms with Crippen molar-refractivity contribution in [1.82, 2.24) is 0 Å². The molecule has 0 aromatic heterocycles. The highest BCUT2D eigenvalue weighted by atomic mass is 16.3. The summed E-state index contributed by atoms with van der Waals surface area (Å²) in [7, 11) is 0. The largest absolute Gasteiger partial charge is 0.508 e. The molecule has 2 aromatic rings. The minimum absolute atomic E-state index is 0.0581. The molecule has 6 nitrogen and oxygen atoms in total.